The molecule has 1 N–H and O–H groups in total. The van der Waals surface area contributed by atoms with Gasteiger partial charge in [0.1, 0.15) is 18.1 Å². The SMILES string of the molecule is [2H]C([2H])([2H])N(C(=O)c1cccc(-n2nc(C(F)(F)F)c(Cl)c2COc2ccc(C(=O)O)cc2)c1)c1ccc2c(c1)OC(F)(F)O2. The number of alkyl halides is 5. The molecule has 1 aliphatic rings. The molecule has 15 heteroatoms. The fraction of sp³-hybridized carbons (Fsp3) is 0.148. The van der Waals surface area contributed by atoms with Crippen LogP contribution in [0.3, 0.4) is 0 Å². The first-order valence-corrected chi connectivity index (χ1v) is 12.0. The summed E-state index contributed by atoms with van der Waals surface area (Å²) in [5, 5.41) is 11.8. The highest BCUT2D eigenvalue weighted by molar-refractivity contribution is 6.32. The van der Waals surface area contributed by atoms with E-state index in [0.29, 0.717) is 4.90 Å². The van der Waals surface area contributed by atoms with Gasteiger partial charge in [0.25, 0.3) is 5.91 Å². The number of hydrogen-bond donors (Lipinski definition) is 1. The molecular weight excluding hydrogens is 593 g/mol. The third kappa shape index (κ3) is 5.65. The standard InChI is InChI=1S/C27H17ClF5N3O6/c1-35(16-7-10-20-21(12-16)42-27(32,33)41-20)24(37)15-3-2-4-17(11-15)36-19(22(28)23(34-36)26(29,30)31)13-40-18-8-5-14(6-9-18)25(38)39/h2-12H,13H2,1H3,(H,38,39)/i1D3. The summed E-state index contributed by atoms with van der Waals surface area (Å²) in [7, 11) is 0. The number of nitrogens with zero attached hydrogens (tertiary/aromatic N) is 3. The van der Waals surface area contributed by atoms with Crippen molar-refractivity contribution in [2.75, 3.05) is 11.9 Å². The summed E-state index contributed by atoms with van der Waals surface area (Å²) >= 11 is 6.07. The van der Waals surface area contributed by atoms with Gasteiger partial charge >= 0.3 is 18.4 Å². The second-order valence-electron chi connectivity index (χ2n) is 8.63. The molecule has 4 aromatic rings. The summed E-state index contributed by atoms with van der Waals surface area (Å²) in [4.78, 5) is 24.9. The molecule has 42 heavy (non-hydrogen) atoms. The predicted molar refractivity (Wildman–Crippen MR) is 137 cm³/mol. The fourth-order valence-corrected chi connectivity index (χ4v) is 4.17. The van der Waals surface area contributed by atoms with Gasteiger partial charge in [0.15, 0.2) is 17.2 Å². The quantitative estimate of drug-likeness (QED) is 0.240. The van der Waals surface area contributed by atoms with Gasteiger partial charge in [-0.1, -0.05) is 17.7 Å². The van der Waals surface area contributed by atoms with Gasteiger partial charge in [0.2, 0.25) is 0 Å². The Hall–Kier alpha value is -4.85. The number of fused-ring (bicyclic) bond motifs is 1. The molecule has 1 aromatic heterocycles. The largest absolute Gasteiger partial charge is 0.586 e. The van der Waals surface area contributed by atoms with Crippen LogP contribution in [0.1, 0.15) is 36.2 Å². The molecule has 0 aliphatic carbocycles. The van der Waals surface area contributed by atoms with E-state index in [1.54, 1.807) is 0 Å². The van der Waals surface area contributed by atoms with Crippen LogP contribution in [0.2, 0.25) is 5.02 Å². The average molecular weight is 613 g/mol. The Balaban J connectivity index is 1.51. The molecule has 0 radical (unpaired) electrons. The van der Waals surface area contributed by atoms with E-state index in [-0.39, 0.29) is 33.9 Å². The Morgan fingerprint density at radius 3 is 2.45 bits per heavy atom. The van der Waals surface area contributed by atoms with Crippen LogP contribution in [0.25, 0.3) is 5.69 Å². The molecule has 5 rings (SSSR count). The maximum absolute atomic E-state index is 13.8. The molecule has 0 saturated heterocycles. The van der Waals surface area contributed by atoms with Crippen molar-refractivity contribution in [3.8, 4) is 22.9 Å². The Morgan fingerprint density at radius 2 is 1.79 bits per heavy atom. The van der Waals surface area contributed by atoms with Gasteiger partial charge in [-0.25, -0.2) is 9.48 Å². The summed E-state index contributed by atoms with van der Waals surface area (Å²) in [6, 6.07) is 12.6. The molecule has 9 nitrogen and oxygen atoms in total. The van der Waals surface area contributed by atoms with E-state index in [0.717, 1.165) is 28.9 Å². The number of hydrogen-bond acceptors (Lipinski definition) is 6. The van der Waals surface area contributed by atoms with Gasteiger partial charge in [-0.15, -0.1) is 8.78 Å². The van der Waals surface area contributed by atoms with Gasteiger partial charge in [-0.3, -0.25) is 4.79 Å². The number of ether oxygens (including phenoxy) is 3. The van der Waals surface area contributed by atoms with E-state index in [1.165, 1.54) is 42.5 Å². The van der Waals surface area contributed by atoms with Crippen LogP contribution >= 0.6 is 11.6 Å². The number of aromatic carboxylic acids is 1. The molecule has 0 saturated carbocycles. The molecule has 1 aliphatic heterocycles. The second kappa shape index (κ2) is 10.5. The molecular formula is C27H17ClF5N3O6. The molecule has 218 valence electrons. The maximum atomic E-state index is 13.8. The van der Waals surface area contributed by atoms with E-state index >= 15 is 0 Å². The molecule has 0 fully saturated rings. The number of amides is 1. The third-order valence-corrected chi connectivity index (χ3v) is 6.24. The Kier molecular flexibility index (Phi) is 6.24. The lowest BCUT2D eigenvalue weighted by Crippen LogP contribution is -2.26. The van der Waals surface area contributed by atoms with Crippen molar-refractivity contribution in [1.82, 2.24) is 9.78 Å². The van der Waals surface area contributed by atoms with Crippen molar-refractivity contribution < 1.29 is 55.0 Å². The number of rotatable bonds is 7. The zero-order chi connectivity index (χ0) is 32.9. The first-order chi connectivity index (χ1) is 20.9. The predicted octanol–water partition coefficient (Wildman–Crippen LogP) is 6.42. The zero-order valence-corrected chi connectivity index (χ0v) is 21.4. The summed E-state index contributed by atoms with van der Waals surface area (Å²) in [6.45, 7) is -3.74. The van der Waals surface area contributed by atoms with Crippen LogP contribution in [0.4, 0.5) is 27.6 Å². The molecule has 0 unspecified atom stereocenters. The van der Waals surface area contributed by atoms with Gasteiger partial charge < -0.3 is 24.2 Å². The van der Waals surface area contributed by atoms with Crippen LogP contribution < -0.4 is 19.1 Å². The number of aromatic nitrogens is 2. The van der Waals surface area contributed by atoms with Crippen LogP contribution in [-0.4, -0.2) is 40.0 Å². The first-order valence-electron chi connectivity index (χ1n) is 13.1. The van der Waals surface area contributed by atoms with E-state index in [9.17, 15) is 31.5 Å². The van der Waals surface area contributed by atoms with E-state index in [1.807, 2.05) is 0 Å². The molecule has 1 amide bonds. The number of benzene rings is 3. The van der Waals surface area contributed by atoms with Crippen molar-refractivity contribution in [2.45, 2.75) is 19.1 Å². The summed E-state index contributed by atoms with van der Waals surface area (Å²) in [5.74, 6) is -3.21. The van der Waals surface area contributed by atoms with Crippen molar-refractivity contribution >= 4 is 29.2 Å². The Morgan fingerprint density at radius 1 is 1.07 bits per heavy atom. The average Bonchev–Trinajstić information content (AvgIpc) is 3.45. The Bertz CT molecular complexity index is 1800. The zero-order valence-electron chi connectivity index (χ0n) is 23.7. The van der Waals surface area contributed by atoms with Crippen molar-refractivity contribution in [3.63, 3.8) is 0 Å². The number of carbonyl (C=O) groups is 2. The smallest absolute Gasteiger partial charge is 0.487 e. The molecule has 2 heterocycles. The fourth-order valence-electron chi connectivity index (χ4n) is 3.89. The first kappa shape index (κ1) is 24.9. The molecule has 0 bridgehead atoms. The van der Waals surface area contributed by atoms with Crippen molar-refractivity contribution in [1.29, 1.82) is 0 Å². The highest BCUT2D eigenvalue weighted by atomic mass is 35.5. The van der Waals surface area contributed by atoms with E-state index in [2.05, 4.69) is 14.6 Å². The molecule has 3 aromatic carbocycles. The molecule has 0 spiro atoms. The number of carboxylic acids is 1. The van der Waals surface area contributed by atoms with Gasteiger partial charge in [-0.05, 0) is 54.6 Å². The summed E-state index contributed by atoms with van der Waals surface area (Å²) in [5.41, 5.74) is -2.68. The van der Waals surface area contributed by atoms with Gasteiger partial charge in [0, 0.05) is 28.4 Å². The minimum atomic E-state index is -5.00. The van der Waals surface area contributed by atoms with E-state index in [4.69, 9.17) is 25.6 Å². The van der Waals surface area contributed by atoms with E-state index < -0.39 is 60.1 Å². The highest BCUT2D eigenvalue weighted by Crippen LogP contribution is 2.43. The second-order valence-corrected chi connectivity index (χ2v) is 9.00. The van der Waals surface area contributed by atoms with Crippen molar-refractivity contribution in [2.24, 2.45) is 0 Å². The number of halogens is 6. The summed E-state index contributed by atoms with van der Waals surface area (Å²) in [6.07, 6.45) is -9.00. The number of carboxylic acid groups (broad SMARTS) is 1. The third-order valence-electron chi connectivity index (χ3n) is 5.85. The summed E-state index contributed by atoms with van der Waals surface area (Å²) < 4.78 is 107. The van der Waals surface area contributed by atoms with Gasteiger partial charge in [0.05, 0.1) is 16.3 Å². The van der Waals surface area contributed by atoms with Crippen molar-refractivity contribution in [3.05, 3.63) is 94.3 Å². The Labute approximate surface area is 242 Å². The van der Waals surface area contributed by atoms with Crippen LogP contribution in [-0.2, 0) is 12.8 Å². The number of carbonyl (C=O) groups excluding carboxylic acids is 1. The topological polar surface area (TPSA) is 103 Å². The van der Waals surface area contributed by atoms with Gasteiger partial charge in [-0.2, -0.15) is 18.3 Å². The molecule has 0 atom stereocenters. The highest BCUT2D eigenvalue weighted by Gasteiger charge is 2.43. The lowest BCUT2D eigenvalue weighted by atomic mass is 10.1. The van der Waals surface area contributed by atoms with Crippen LogP contribution in [0, 0.1) is 0 Å². The number of anilines is 1. The minimum absolute atomic E-state index is 0.0592. The lowest BCUT2D eigenvalue weighted by molar-refractivity contribution is -0.286. The lowest BCUT2D eigenvalue weighted by Gasteiger charge is -2.18. The monoisotopic (exact) mass is 612 g/mol. The maximum Gasteiger partial charge on any atom is 0.586 e. The van der Waals surface area contributed by atoms with Crippen LogP contribution in [0.15, 0.2) is 66.7 Å². The normalized spacial score (nSPS) is 15.0. The van der Waals surface area contributed by atoms with Crippen LogP contribution in [0.5, 0.6) is 17.2 Å². The minimum Gasteiger partial charge on any atom is -0.487 e.